The summed E-state index contributed by atoms with van der Waals surface area (Å²) in [6, 6.07) is 2.99. The second-order valence-electron chi connectivity index (χ2n) is 2.73. The van der Waals surface area contributed by atoms with E-state index < -0.39 is 0 Å². The van der Waals surface area contributed by atoms with Crippen LogP contribution < -0.4 is 10.6 Å². The second-order valence-corrected chi connectivity index (χ2v) is 4.46. The molecule has 0 saturated carbocycles. The van der Waals surface area contributed by atoms with Crippen LogP contribution in [0.5, 0.6) is 0 Å². The Bertz CT molecular complexity index is 361. The number of urea groups is 1. The Hall–Kier alpha value is -0.450. The van der Waals surface area contributed by atoms with Gasteiger partial charge in [0.25, 0.3) is 0 Å². The number of rotatable bonds is 2. The van der Waals surface area contributed by atoms with Crippen LogP contribution in [0, 0.1) is 0 Å². The van der Waals surface area contributed by atoms with Crippen molar-refractivity contribution in [3.8, 4) is 0 Å². The lowest BCUT2D eigenvalue weighted by Gasteiger charge is -2.09. The van der Waals surface area contributed by atoms with E-state index in [2.05, 4.69) is 26.6 Å². The molecule has 0 saturated heterocycles. The summed E-state index contributed by atoms with van der Waals surface area (Å²) in [7, 11) is 0. The summed E-state index contributed by atoms with van der Waals surface area (Å²) in [5.74, 6) is 0. The summed E-state index contributed by atoms with van der Waals surface area (Å²) in [4.78, 5) is 11.3. The van der Waals surface area contributed by atoms with Crippen LogP contribution in [0.4, 0.5) is 10.5 Å². The number of amides is 2. The van der Waals surface area contributed by atoms with Gasteiger partial charge in [0, 0.05) is 11.0 Å². The maximum absolute atomic E-state index is 11.3. The third-order valence-electron chi connectivity index (χ3n) is 1.58. The highest BCUT2D eigenvalue weighted by Gasteiger charge is 2.09. The molecule has 3 nitrogen and oxygen atoms in total. The molecule has 2 amide bonds. The number of carbonyl (C=O) groups excluding carboxylic acids is 1. The molecule has 15 heavy (non-hydrogen) atoms. The average molecular weight is 312 g/mol. The molecule has 0 aliphatic heterocycles. The van der Waals surface area contributed by atoms with Gasteiger partial charge < -0.3 is 10.6 Å². The SMILES string of the molecule is CCNC(=O)Nc1c(Cl)cc(Br)cc1Cl. The van der Waals surface area contributed by atoms with Gasteiger partial charge in [-0.3, -0.25) is 0 Å². The molecular weight excluding hydrogens is 303 g/mol. The van der Waals surface area contributed by atoms with Gasteiger partial charge in [0.1, 0.15) is 0 Å². The molecule has 1 rings (SSSR count). The first kappa shape index (κ1) is 12.6. The lowest BCUT2D eigenvalue weighted by molar-refractivity contribution is 0.252. The van der Waals surface area contributed by atoms with Crippen molar-refractivity contribution in [2.45, 2.75) is 6.92 Å². The Labute approximate surface area is 106 Å². The average Bonchev–Trinajstić information content (AvgIpc) is 2.11. The molecule has 0 aliphatic carbocycles. The molecule has 0 spiro atoms. The number of halogens is 3. The van der Waals surface area contributed by atoms with Crippen molar-refractivity contribution in [1.82, 2.24) is 5.32 Å². The first-order chi connectivity index (χ1) is 7.04. The summed E-state index contributed by atoms with van der Waals surface area (Å²) >= 11 is 15.1. The normalized spacial score (nSPS) is 9.87. The van der Waals surface area contributed by atoms with E-state index in [4.69, 9.17) is 23.2 Å². The van der Waals surface area contributed by atoms with E-state index in [0.717, 1.165) is 4.47 Å². The zero-order valence-corrected chi connectivity index (χ0v) is 11.0. The molecule has 1 aromatic rings. The third-order valence-corrected chi connectivity index (χ3v) is 2.64. The summed E-state index contributed by atoms with van der Waals surface area (Å²) < 4.78 is 0.763. The summed E-state index contributed by atoms with van der Waals surface area (Å²) in [5, 5.41) is 5.93. The lowest BCUT2D eigenvalue weighted by atomic mass is 10.3. The molecule has 2 N–H and O–H groups in total. The molecule has 0 bridgehead atoms. The Balaban J connectivity index is 2.90. The first-order valence-corrected chi connectivity index (χ1v) is 5.79. The molecule has 0 aromatic heterocycles. The number of nitrogens with one attached hydrogen (secondary N) is 2. The maximum Gasteiger partial charge on any atom is 0.319 e. The minimum atomic E-state index is -0.330. The van der Waals surface area contributed by atoms with Gasteiger partial charge in [-0.25, -0.2) is 4.79 Å². The number of hydrogen-bond acceptors (Lipinski definition) is 1. The molecule has 6 heteroatoms. The summed E-state index contributed by atoms with van der Waals surface area (Å²) in [6.45, 7) is 2.36. The fourth-order valence-electron chi connectivity index (χ4n) is 0.980. The summed E-state index contributed by atoms with van der Waals surface area (Å²) in [6.07, 6.45) is 0. The molecule has 1 aromatic carbocycles. The van der Waals surface area contributed by atoms with E-state index in [-0.39, 0.29) is 6.03 Å². The Morgan fingerprint density at radius 1 is 1.40 bits per heavy atom. The van der Waals surface area contributed by atoms with Gasteiger partial charge in [-0.1, -0.05) is 39.1 Å². The highest BCUT2D eigenvalue weighted by atomic mass is 79.9. The zero-order chi connectivity index (χ0) is 11.4. The van der Waals surface area contributed by atoms with Crippen LogP contribution in [0.2, 0.25) is 10.0 Å². The third kappa shape index (κ3) is 3.55. The summed E-state index contributed by atoms with van der Waals surface area (Å²) in [5.41, 5.74) is 0.410. The van der Waals surface area contributed by atoms with Crippen molar-refractivity contribution in [3.63, 3.8) is 0 Å². The van der Waals surface area contributed by atoms with Gasteiger partial charge in [0.05, 0.1) is 15.7 Å². The van der Waals surface area contributed by atoms with Crippen molar-refractivity contribution in [2.75, 3.05) is 11.9 Å². The highest BCUT2D eigenvalue weighted by Crippen LogP contribution is 2.33. The predicted octanol–water partition coefficient (Wildman–Crippen LogP) is 3.90. The lowest BCUT2D eigenvalue weighted by Crippen LogP contribution is -2.28. The van der Waals surface area contributed by atoms with E-state index in [1.165, 1.54) is 0 Å². The second kappa shape index (κ2) is 5.58. The van der Waals surface area contributed by atoms with Gasteiger partial charge in [-0.2, -0.15) is 0 Å². The van der Waals surface area contributed by atoms with Crippen LogP contribution in [-0.4, -0.2) is 12.6 Å². The van der Waals surface area contributed by atoms with Crippen LogP contribution in [0.25, 0.3) is 0 Å². The number of anilines is 1. The molecule has 0 unspecified atom stereocenters. The zero-order valence-electron chi connectivity index (χ0n) is 7.90. The Morgan fingerprint density at radius 2 is 1.93 bits per heavy atom. The molecular formula is C9H9BrCl2N2O. The van der Waals surface area contributed by atoms with Crippen molar-refractivity contribution < 1.29 is 4.79 Å². The molecule has 0 radical (unpaired) electrons. The number of hydrogen-bond donors (Lipinski definition) is 2. The quantitative estimate of drug-likeness (QED) is 0.854. The fourth-order valence-corrected chi connectivity index (χ4v) is 2.28. The maximum atomic E-state index is 11.3. The highest BCUT2D eigenvalue weighted by molar-refractivity contribution is 9.10. The van der Waals surface area contributed by atoms with Crippen LogP contribution in [0.1, 0.15) is 6.92 Å². The van der Waals surface area contributed by atoms with E-state index in [1.54, 1.807) is 12.1 Å². The van der Waals surface area contributed by atoms with Crippen molar-refractivity contribution >= 4 is 50.9 Å². The minimum absolute atomic E-state index is 0.330. The molecule has 0 aliphatic rings. The van der Waals surface area contributed by atoms with E-state index in [1.807, 2.05) is 6.92 Å². The number of benzene rings is 1. The van der Waals surface area contributed by atoms with Crippen molar-refractivity contribution in [3.05, 3.63) is 26.7 Å². The Morgan fingerprint density at radius 3 is 2.40 bits per heavy atom. The topological polar surface area (TPSA) is 41.1 Å². The van der Waals surface area contributed by atoms with Crippen molar-refractivity contribution in [1.29, 1.82) is 0 Å². The van der Waals surface area contributed by atoms with Crippen molar-refractivity contribution in [2.24, 2.45) is 0 Å². The standard InChI is InChI=1S/C9H9BrCl2N2O/c1-2-13-9(15)14-8-6(11)3-5(10)4-7(8)12/h3-4H,2H2,1H3,(H2,13,14,15). The van der Waals surface area contributed by atoms with Crippen LogP contribution in [-0.2, 0) is 0 Å². The fraction of sp³-hybridized carbons (Fsp3) is 0.222. The number of carbonyl (C=O) groups is 1. The van der Waals surface area contributed by atoms with Crippen LogP contribution in [0.3, 0.4) is 0 Å². The van der Waals surface area contributed by atoms with Crippen LogP contribution >= 0.6 is 39.1 Å². The van der Waals surface area contributed by atoms with Crippen LogP contribution in [0.15, 0.2) is 16.6 Å². The monoisotopic (exact) mass is 310 g/mol. The van der Waals surface area contributed by atoms with Gasteiger partial charge in [0.2, 0.25) is 0 Å². The Kier molecular flexibility index (Phi) is 4.70. The molecule has 82 valence electrons. The molecule has 0 heterocycles. The predicted molar refractivity (Wildman–Crippen MR) is 66.9 cm³/mol. The van der Waals surface area contributed by atoms with E-state index in [9.17, 15) is 4.79 Å². The van der Waals surface area contributed by atoms with E-state index in [0.29, 0.717) is 22.3 Å². The van der Waals surface area contributed by atoms with Gasteiger partial charge in [0.15, 0.2) is 0 Å². The van der Waals surface area contributed by atoms with E-state index >= 15 is 0 Å². The van der Waals surface area contributed by atoms with Gasteiger partial charge in [-0.15, -0.1) is 0 Å². The smallest absolute Gasteiger partial charge is 0.319 e. The first-order valence-electron chi connectivity index (χ1n) is 4.24. The minimum Gasteiger partial charge on any atom is -0.338 e. The molecule has 0 fully saturated rings. The largest absolute Gasteiger partial charge is 0.338 e. The van der Waals surface area contributed by atoms with Gasteiger partial charge in [-0.05, 0) is 19.1 Å². The molecule has 0 atom stereocenters. The van der Waals surface area contributed by atoms with Gasteiger partial charge >= 0.3 is 6.03 Å².